The van der Waals surface area contributed by atoms with Crippen molar-refractivity contribution >= 4 is 29.5 Å². The second-order valence-corrected chi connectivity index (χ2v) is 5.89. The number of hydrogen-bond donors (Lipinski definition) is 1. The van der Waals surface area contributed by atoms with Crippen molar-refractivity contribution in [3.8, 4) is 0 Å². The van der Waals surface area contributed by atoms with Gasteiger partial charge in [0.25, 0.3) is 0 Å². The molecule has 1 aromatic heterocycles. The lowest BCUT2D eigenvalue weighted by atomic mass is 10.2. The SMILES string of the molecule is CC(C)(C)OC(=O)NCCSc1ccnc(Cl)n1. The maximum absolute atomic E-state index is 11.3. The van der Waals surface area contributed by atoms with Crippen LogP contribution in [0.3, 0.4) is 0 Å². The maximum Gasteiger partial charge on any atom is 0.407 e. The molecule has 0 aromatic carbocycles. The Labute approximate surface area is 116 Å². The van der Waals surface area contributed by atoms with E-state index in [0.717, 1.165) is 5.03 Å². The van der Waals surface area contributed by atoms with Crippen LogP contribution in [-0.4, -0.2) is 34.0 Å². The van der Waals surface area contributed by atoms with E-state index in [1.165, 1.54) is 11.8 Å². The van der Waals surface area contributed by atoms with E-state index in [2.05, 4.69) is 15.3 Å². The highest BCUT2D eigenvalue weighted by Gasteiger charge is 2.15. The van der Waals surface area contributed by atoms with Gasteiger partial charge in [-0.25, -0.2) is 14.8 Å². The molecule has 0 saturated heterocycles. The summed E-state index contributed by atoms with van der Waals surface area (Å²) in [5, 5.41) is 3.67. The van der Waals surface area contributed by atoms with Crippen LogP contribution in [0, 0.1) is 0 Å². The van der Waals surface area contributed by atoms with Gasteiger partial charge in [0.15, 0.2) is 0 Å². The molecule has 1 rings (SSSR count). The Balaban J connectivity index is 2.21. The molecule has 1 aromatic rings. The van der Waals surface area contributed by atoms with Gasteiger partial charge in [-0.3, -0.25) is 0 Å². The minimum absolute atomic E-state index is 0.222. The first-order valence-electron chi connectivity index (χ1n) is 5.45. The zero-order chi connectivity index (χ0) is 13.6. The molecule has 100 valence electrons. The van der Waals surface area contributed by atoms with Crippen LogP contribution in [0.5, 0.6) is 0 Å². The fourth-order valence-corrected chi connectivity index (χ4v) is 1.94. The number of aromatic nitrogens is 2. The van der Waals surface area contributed by atoms with Gasteiger partial charge in [-0.1, -0.05) is 0 Å². The minimum Gasteiger partial charge on any atom is -0.444 e. The van der Waals surface area contributed by atoms with Crippen molar-refractivity contribution in [3.05, 3.63) is 17.5 Å². The normalized spacial score (nSPS) is 11.1. The number of alkyl carbamates (subject to hydrolysis) is 1. The second kappa shape index (κ2) is 6.80. The molecule has 1 heterocycles. The Morgan fingerprint density at radius 3 is 2.89 bits per heavy atom. The van der Waals surface area contributed by atoms with E-state index in [0.29, 0.717) is 12.3 Å². The smallest absolute Gasteiger partial charge is 0.407 e. The highest BCUT2D eigenvalue weighted by Crippen LogP contribution is 2.15. The molecule has 0 aliphatic heterocycles. The van der Waals surface area contributed by atoms with Crippen LogP contribution < -0.4 is 5.32 Å². The van der Waals surface area contributed by atoms with Crippen molar-refractivity contribution in [1.82, 2.24) is 15.3 Å². The first kappa shape index (κ1) is 15.0. The van der Waals surface area contributed by atoms with Crippen molar-refractivity contribution in [2.45, 2.75) is 31.4 Å². The summed E-state index contributed by atoms with van der Waals surface area (Å²) in [4.78, 5) is 19.1. The topological polar surface area (TPSA) is 64.1 Å². The average Bonchev–Trinajstić information content (AvgIpc) is 2.22. The quantitative estimate of drug-likeness (QED) is 0.400. The molecular weight excluding hydrogens is 274 g/mol. The van der Waals surface area contributed by atoms with Gasteiger partial charge in [0.2, 0.25) is 5.28 Å². The number of hydrogen-bond acceptors (Lipinski definition) is 5. The summed E-state index contributed by atoms with van der Waals surface area (Å²) >= 11 is 7.14. The monoisotopic (exact) mass is 289 g/mol. The highest BCUT2D eigenvalue weighted by atomic mass is 35.5. The van der Waals surface area contributed by atoms with Crippen molar-refractivity contribution < 1.29 is 9.53 Å². The predicted molar refractivity (Wildman–Crippen MR) is 72.0 cm³/mol. The number of nitrogens with zero attached hydrogens (tertiary/aromatic N) is 2. The lowest BCUT2D eigenvalue weighted by Gasteiger charge is -2.19. The van der Waals surface area contributed by atoms with Crippen LogP contribution in [0.25, 0.3) is 0 Å². The molecule has 0 spiro atoms. The number of halogens is 1. The Morgan fingerprint density at radius 1 is 1.56 bits per heavy atom. The molecule has 1 N–H and O–H groups in total. The third-order valence-electron chi connectivity index (χ3n) is 1.62. The zero-order valence-electron chi connectivity index (χ0n) is 10.6. The van der Waals surface area contributed by atoms with E-state index in [-0.39, 0.29) is 5.28 Å². The van der Waals surface area contributed by atoms with Crippen LogP contribution in [0.15, 0.2) is 17.3 Å². The number of rotatable bonds is 4. The van der Waals surface area contributed by atoms with Crippen molar-refractivity contribution in [2.24, 2.45) is 0 Å². The van der Waals surface area contributed by atoms with Gasteiger partial charge >= 0.3 is 6.09 Å². The maximum atomic E-state index is 11.3. The lowest BCUT2D eigenvalue weighted by molar-refractivity contribution is 0.0531. The van der Waals surface area contributed by atoms with Crippen LogP contribution in [0.2, 0.25) is 5.28 Å². The molecule has 0 aliphatic rings. The molecule has 0 fully saturated rings. The van der Waals surface area contributed by atoms with Gasteiger partial charge in [0.1, 0.15) is 10.6 Å². The first-order valence-corrected chi connectivity index (χ1v) is 6.81. The number of ether oxygens (including phenoxy) is 1. The predicted octanol–water partition coefficient (Wildman–Crippen LogP) is 2.75. The third-order valence-corrected chi connectivity index (χ3v) is 2.73. The summed E-state index contributed by atoms with van der Waals surface area (Å²) in [6.07, 6.45) is 1.18. The number of thioether (sulfide) groups is 1. The van der Waals surface area contributed by atoms with Gasteiger partial charge in [-0.2, -0.15) is 0 Å². The van der Waals surface area contributed by atoms with Gasteiger partial charge in [0.05, 0.1) is 0 Å². The van der Waals surface area contributed by atoms with Crippen LogP contribution in [0.1, 0.15) is 20.8 Å². The summed E-state index contributed by atoms with van der Waals surface area (Å²) in [5.41, 5.74) is -0.475. The summed E-state index contributed by atoms with van der Waals surface area (Å²) in [7, 11) is 0. The highest BCUT2D eigenvalue weighted by molar-refractivity contribution is 7.99. The number of amides is 1. The minimum atomic E-state index is -0.475. The molecular formula is C11H16ClN3O2S. The van der Waals surface area contributed by atoms with Gasteiger partial charge in [0, 0.05) is 18.5 Å². The summed E-state index contributed by atoms with van der Waals surface area (Å²) in [6, 6.07) is 1.77. The largest absolute Gasteiger partial charge is 0.444 e. The van der Waals surface area contributed by atoms with E-state index in [4.69, 9.17) is 16.3 Å². The molecule has 1 amide bonds. The Hall–Kier alpha value is -1.01. The molecule has 7 heteroatoms. The van der Waals surface area contributed by atoms with Crippen molar-refractivity contribution in [1.29, 1.82) is 0 Å². The molecule has 0 unspecified atom stereocenters. The average molecular weight is 290 g/mol. The molecule has 18 heavy (non-hydrogen) atoms. The number of carbonyl (C=O) groups excluding carboxylic acids is 1. The van der Waals surface area contributed by atoms with E-state index in [1.807, 2.05) is 20.8 Å². The number of nitrogens with one attached hydrogen (secondary N) is 1. The molecule has 0 aliphatic carbocycles. The standard InChI is InChI=1S/C11H16ClN3O2S/c1-11(2,3)17-10(16)14-6-7-18-8-4-5-13-9(12)15-8/h4-5H,6-7H2,1-3H3,(H,14,16). The van der Waals surface area contributed by atoms with E-state index < -0.39 is 11.7 Å². The van der Waals surface area contributed by atoms with Crippen LogP contribution in [0.4, 0.5) is 4.79 Å². The Kier molecular flexibility index (Phi) is 5.68. The molecule has 0 saturated carbocycles. The zero-order valence-corrected chi connectivity index (χ0v) is 12.1. The lowest BCUT2D eigenvalue weighted by Crippen LogP contribution is -2.33. The molecule has 0 bridgehead atoms. The van der Waals surface area contributed by atoms with Crippen molar-refractivity contribution in [3.63, 3.8) is 0 Å². The Morgan fingerprint density at radius 2 is 2.28 bits per heavy atom. The molecule has 0 atom stereocenters. The first-order chi connectivity index (χ1) is 8.37. The van der Waals surface area contributed by atoms with E-state index in [1.54, 1.807) is 12.3 Å². The number of carbonyl (C=O) groups is 1. The van der Waals surface area contributed by atoms with Gasteiger partial charge in [-0.05, 0) is 38.4 Å². The summed E-state index contributed by atoms with van der Waals surface area (Å²) < 4.78 is 5.10. The van der Waals surface area contributed by atoms with Gasteiger partial charge in [-0.15, -0.1) is 11.8 Å². The van der Waals surface area contributed by atoms with Crippen molar-refractivity contribution in [2.75, 3.05) is 12.3 Å². The van der Waals surface area contributed by atoms with Crippen LogP contribution in [-0.2, 0) is 4.74 Å². The molecule has 0 radical (unpaired) electrons. The van der Waals surface area contributed by atoms with E-state index in [9.17, 15) is 4.79 Å². The van der Waals surface area contributed by atoms with Gasteiger partial charge < -0.3 is 10.1 Å². The summed E-state index contributed by atoms with van der Waals surface area (Å²) in [5.74, 6) is 0.687. The van der Waals surface area contributed by atoms with E-state index >= 15 is 0 Å². The molecule has 5 nitrogen and oxygen atoms in total. The fourth-order valence-electron chi connectivity index (χ4n) is 1.02. The second-order valence-electron chi connectivity index (χ2n) is 4.44. The third kappa shape index (κ3) is 6.66. The fraction of sp³-hybridized carbons (Fsp3) is 0.545. The van der Waals surface area contributed by atoms with Crippen LogP contribution >= 0.6 is 23.4 Å². The summed E-state index contributed by atoms with van der Waals surface area (Å²) in [6.45, 7) is 5.97. The Bertz CT molecular complexity index is 410.